The smallest absolute Gasteiger partial charge is 0.352 e. The number of likely N-dealkylation sites (tertiary alicyclic amines) is 1. The van der Waals surface area contributed by atoms with Crippen LogP contribution in [0.4, 0.5) is 27.8 Å². The zero-order chi connectivity index (χ0) is 23.9. The molecule has 0 atom stereocenters. The van der Waals surface area contributed by atoms with Crippen LogP contribution in [-0.2, 0) is 19.1 Å². The highest BCUT2D eigenvalue weighted by molar-refractivity contribution is 5.95. The quantitative estimate of drug-likeness (QED) is 0.583. The van der Waals surface area contributed by atoms with Gasteiger partial charge in [-0.25, -0.2) is 18.7 Å². The molecule has 0 unspecified atom stereocenters. The van der Waals surface area contributed by atoms with Gasteiger partial charge in [0.2, 0.25) is 0 Å². The van der Waals surface area contributed by atoms with E-state index in [0.717, 1.165) is 30.5 Å². The standard InChI is InChI=1S/C23H25F5N4O/c1-13-5-8-31(9-6-13)22(33)18-14(2)21(30-20(29-18)19(24)25)32-10-7-15-3-4-17(23(26,27)28)11-16(15)12-32/h3-4,11,13,19H,5-10,12H2,1-2H3. The van der Waals surface area contributed by atoms with Crippen LogP contribution in [0.5, 0.6) is 0 Å². The number of amides is 1. The molecule has 0 radical (unpaired) electrons. The Labute approximate surface area is 188 Å². The number of nitrogens with zero attached hydrogens (tertiary/aromatic N) is 4. The van der Waals surface area contributed by atoms with Crippen LogP contribution >= 0.6 is 0 Å². The fraction of sp³-hybridized carbons (Fsp3) is 0.522. The van der Waals surface area contributed by atoms with Gasteiger partial charge in [0.1, 0.15) is 11.5 Å². The summed E-state index contributed by atoms with van der Waals surface area (Å²) in [6, 6.07) is 3.60. The van der Waals surface area contributed by atoms with E-state index in [2.05, 4.69) is 16.9 Å². The number of carbonyl (C=O) groups is 1. The van der Waals surface area contributed by atoms with Crippen LogP contribution in [0, 0.1) is 12.8 Å². The normalized spacial score (nSPS) is 17.5. The van der Waals surface area contributed by atoms with Crippen LogP contribution < -0.4 is 4.90 Å². The molecule has 0 N–H and O–H groups in total. The molecule has 5 nitrogen and oxygen atoms in total. The fourth-order valence-corrected chi connectivity index (χ4v) is 4.41. The molecule has 1 saturated heterocycles. The first-order valence-electron chi connectivity index (χ1n) is 10.9. The van der Waals surface area contributed by atoms with Crippen molar-refractivity contribution in [2.45, 2.75) is 52.3 Å². The minimum absolute atomic E-state index is 0.0697. The first-order valence-corrected chi connectivity index (χ1v) is 10.9. The Bertz CT molecular complexity index is 1050. The minimum Gasteiger partial charge on any atom is -0.352 e. The number of fused-ring (bicyclic) bond motifs is 1. The Morgan fingerprint density at radius 2 is 1.79 bits per heavy atom. The minimum atomic E-state index is -4.48. The van der Waals surface area contributed by atoms with Gasteiger partial charge in [0.05, 0.1) is 5.56 Å². The molecule has 0 bridgehead atoms. The molecule has 1 fully saturated rings. The SMILES string of the molecule is Cc1c(C(=O)N2CCC(C)CC2)nc(C(F)F)nc1N1CCc2ccc(C(F)(F)F)cc2C1. The van der Waals surface area contributed by atoms with Crippen molar-refractivity contribution in [2.24, 2.45) is 5.92 Å². The topological polar surface area (TPSA) is 49.3 Å². The summed E-state index contributed by atoms with van der Waals surface area (Å²) in [6.45, 7) is 5.22. The summed E-state index contributed by atoms with van der Waals surface area (Å²) in [5.74, 6) is -0.513. The molecule has 2 aliphatic rings. The maximum atomic E-state index is 13.6. The van der Waals surface area contributed by atoms with E-state index in [9.17, 15) is 26.7 Å². The van der Waals surface area contributed by atoms with E-state index in [1.807, 2.05) is 0 Å². The lowest BCUT2D eigenvalue weighted by molar-refractivity contribution is -0.137. The molecule has 1 aromatic carbocycles. The van der Waals surface area contributed by atoms with Crippen molar-refractivity contribution in [3.05, 3.63) is 52.0 Å². The molecule has 178 valence electrons. The van der Waals surface area contributed by atoms with E-state index in [-0.39, 0.29) is 18.1 Å². The van der Waals surface area contributed by atoms with E-state index < -0.39 is 29.9 Å². The molecular formula is C23H25F5N4O. The Morgan fingerprint density at radius 1 is 1.09 bits per heavy atom. The molecule has 4 rings (SSSR count). The van der Waals surface area contributed by atoms with Crippen molar-refractivity contribution in [3.63, 3.8) is 0 Å². The molecule has 1 aromatic heterocycles. The zero-order valence-corrected chi connectivity index (χ0v) is 18.4. The number of halogens is 5. The van der Waals surface area contributed by atoms with Crippen molar-refractivity contribution in [1.29, 1.82) is 0 Å². The molecule has 0 aliphatic carbocycles. The van der Waals surface area contributed by atoms with Gasteiger partial charge in [0, 0.05) is 31.7 Å². The summed E-state index contributed by atoms with van der Waals surface area (Å²) < 4.78 is 66.7. The number of benzene rings is 1. The van der Waals surface area contributed by atoms with Gasteiger partial charge in [0.25, 0.3) is 12.3 Å². The van der Waals surface area contributed by atoms with Gasteiger partial charge >= 0.3 is 6.18 Å². The Morgan fingerprint density at radius 3 is 2.42 bits per heavy atom. The molecule has 2 aromatic rings. The second kappa shape index (κ2) is 8.87. The van der Waals surface area contributed by atoms with Gasteiger partial charge in [-0.2, -0.15) is 13.2 Å². The van der Waals surface area contributed by atoms with Crippen molar-refractivity contribution in [2.75, 3.05) is 24.5 Å². The summed E-state index contributed by atoms with van der Waals surface area (Å²) in [7, 11) is 0. The van der Waals surface area contributed by atoms with Crippen molar-refractivity contribution in [3.8, 4) is 0 Å². The molecular weight excluding hydrogens is 443 g/mol. The lowest BCUT2D eigenvalue weighted by Crippen LogP contribution is -2.39. The lowest BCUT2D eigenvalue weighted by atomic mass is 9.96. The van der Waals surface area contributed by atoms with Gasteiger partial charge in [0.15, 0.2) is 5.82 Å². The average Bonchev–Trinajstić information content (AvgIpc) is 2.77. The predicted octanol–water partition coefficient (Wildman–Crippen LogP) is 5.18. The van der Waals surface area contributed by atoms with Crippen LogP contribution in [-0.4, -0.2) is 40.4 Å². The molecule has 10 heteroatoms. The van der Waals surface area contributed by atoms with E-state index in [1.165, 1.54) is 6.07 Å². The van der Waals surface area contributed by atoms with E-state index in [4.69, 9.17) is 0 Å². The number of rotatable bonds is 3. The number of hydrogen-bond donors (Lipinski definition) is 0. The maximum absolute atomic E-state index is 13.6. The van der Waals surface area contributed by atoms with E-state index in [1.54, 1.807) is 16.7 Å². The Balaban J connectivity index is 1.69. The summed E-state index contributed by atoms with van der Waals surface area (Å²) >= 11 is 0. The van der Waals surface area contributed by atoms with E-state index >= 15 is 0 Å². The summed E-state index contributed by atoms with van der Waals surface area (Å²) in [5.41, 5.74) is 0.772. The monoisotopic (exact) mass is 468 g/mol. The predicted molar refractivity (Wildman–Crippen MR) is 112 cm³/mol. The number of anilines is 1. The first-order chi connectivity index (χ1) is 15.5. The highest BCUT2D eigenvalue weighted by atomic mass is 19.4. The second-order valence-corrected chi connectivity index (χ2v) is 8.81. The summed E-state index contributed by atoms with van der Waals surface area (Å²) in [4.78, 5) is 24.3. The number of alkyl halides is 5. The van der Waals surface area contributed by atoms with Crippen LogP contribution in [0.2, 0.25) is 0 Å². The van der Waals surface area contributed by atoms with Gasteiger partial charge in [-0.05, 0) is 55.4 Å². The second-order valence-electron chi connectivity index (χ2n) is 8.81. The van der Waals surface area contributed by atoms with Crippen molar-refractivity contribution >= 4 is 11.7 Å². The van der Waals surface area contributed by atoms with Gasteiger partial charge in [-0.1, -0.05) is 13.0 Å². The van der Waals surface area contributed by atoms with Gasteiger partial charge in [-0.15, -0.1) is 0 Å². The van der Waals surface area contributed by atoms with Crippen molar-refractivity contribution < 1.29 is 26.7 Å². The van der Waals surface area contributed by atoms with Crippen LogP contribution in [0.25, 0.3) is 0 Å². The number of hydrogen-bond acceptors (Lipinski definition) is 4. The third-order valence-corrected chi connectivity index (χ3v) is 6.45. The molecule has 2 aliphatic heterocycles. The third kappa shape index (κ3) is 4.79. The average molecular weight is 468 g/mol. The molecule has 3 heterocycles. The highest BCUT2D eigenvalue weighted by Crippen LogP contribution is 2.34. The van der Waals surface area contributed by atoms with Crippen LogP contribution in [0.1, 0.15) is 64.8 Å². The molecule has 0 spiro atoms. The summed E-state index contributed by atoms with van der Waals surface area (Å²) in [5, 5.41) is 0. The van der Waals surface area contributed by atoms with Crippen LogP contribution in [0.3, 0.4) is 0 Å². The number of piperidine rings is 1. The zero-order valence-electron chi connectivity index (χ0n) is 18.4. The lowest BCUT2D eigenvalue weighted by Gasteiger charge is -2.33. The molecule has 0 saturated carbocycles. The highest BCUT2D eigenvalue weighted by Gasteiger charge is 2.33. The molecule has 33 heavy (non-hydrogen) atoms. The van der Waals surface area contributed by atoms with E-state index in [0.29, 0.717) is 43.1 Å². The van der Waals surface area contributed by atoms with Crippen molar-refractivity contribution in [1.82, 2.24) is 14.9 Å². The third-order valence-electron chi connectivity index (χ3n) is 6.45. The fourth-order valence-electron chi connectivity index (χ4n) is 4.41. The van der Waals surface area contributed by atoms with Gasteiger partial charge in [-0.3, -0.25) is 4.79 Å². The Kier molecular flexibility index (Phi) is 6.28. The maximum Gasteiger partial charge on any atom is 0.416 e. The largest absolute Gasteiger partial charge is 0.416 e. The first kappa shape index (κ1) is 23.4. The van der Waals surface area contributed by atoms with Crippen LogP contribution in [0.15, 0.2) is 18.2 Å². The van der Waals surface area contributed by atoms with Gasteiger partial charge < -0.3 is 9.80 Å². The Hall–Kier alpha value is -2.78. The number of carbonyl (C=O) groups excluding carboxylic acids is 1. The molecule has 1 amide bonds. The summed E-state index contributed by atoms with van der Waals surface area (Å²) in [6.07, 6.45) is -5.36. The number of aromatic nitrogens is 2.